The Kier molecular flexibility index (Phi) is 4.65. The summed E-state index contributed by atoms with van der Waals surface area (Å²) in [5.74, 6) is -0.206. The molecule has 3 heteroatoms. The smallest absolute Gasteiger partial charge is 0.123 e. The van der Waals surface area contributed by atoms with Crippen LogP contribution in [0.25, 0.3) is 0 Å². The standard InChI is InChI=1S/C14H19FN2/c1-14(2,11-16)8-9-17(3)10-12-4-6-13(15)7-5-12/h4-7H,8-10H2,1-3H3. The quantitative estimate of drug-likeness (QED) is 0.782. The van der Waals surface area contributed by atoms with Gasteiger partial charge in [0.25, 0.3) is 0 Å². The van der Waals surface area contributed by atoms with E-state index in [0.717, 1.165) is 25.1 Å². The van der Waals surface area contributed by atoms with Crippen LogP contribution in [-0.4, -0.2) is 18.5 Å². The third-order valence-corrected chi connectivity index (χ3v) is 2.79. The first-order valence-corrected chi connectivity index (χ1v) is 5.77. The van der Waals surface area contributed by atoms with Gasteiger partial charge in [0.15, 0.2) is 0 Å². The van der Waals surface area contributed by atoms with Crippen LogP contribution in [0.1, 0.15) is 25.8 Å². The lowest BCUT2D eigenvalue weighted by Gasteiger charge is -2.21. The molecular weight excluding hydrogens is 215 g/mol. The van der Waals surface area contributed by atoms with Crippen LogP contribution in [0.5, 0.6) is 0 Å². The number of hydrogen-bond donors (Lipinski definition) is 0. The van der Waals surface area contributed by atoms with Gasteiger partial charge in [0, 0.05) is 6.54 Å². The van der Waals surface area contributed by atoms with Crippen LogP contribution in [-0.2, 0) is 6.54 Å². The molecule has 0 saturated carbocycles. The number of hydrogen-bond acceptors (Lipinski definition) is 2. The molecule has 0 atom stereocenters. The predicted molar refractivity (Wildman–Crippen MR) is 66.7 cm³/mol. The van der Waals surface area contributed by atoms with E-state index in [2.05, 4.69) is 11.0 Å². The Bertz CT molecular complexity index is 390. The Morgan fingerprint density at radius 2 is 1.88 bits per heavy atom. The highest BCUT2D eigenvalue weighted by Gasteiger charge is 2.16. The minimum Gasteiger partial charge on any atom is -0.302 e. The van der Waals surface area contributed by atoms with Crippen molar-refractivity contribution in [2.45, 2.75) is 26.8 Å². The van der Waals surface area contributed by atoms with Crippen molar-refractivity contribution in [3.8, 4) is 6.07 Å². The van der Waals surface area contributed by atoms with Gasteiger partial charge in [0.1, 0.15) is 5.82 Å². The highest BCUT2D eigenvalue weighted by Crippen LogP contribution is 2.19. The highest BCUT2D eigenvalue weighted by atomic mass is 19.1. The molecule has 0 amide bonds. The van der Waals surface area contributed by atoms with Crippen LogP contribution in [0.3, 0.4) is 0 Å². The minimum atomic E-state index is -0.281. The second-order valence-corrected chi connectivity index (χ2v) is 5.11. The lowest BCUT2D eigenvalue weighted by Crippen LogP contribution is -2.23. The van der Waals surface area contributed by atoms with Crippen LogP contribution in [0.15, 0.2) is 24.3 Å². The number of rotatable bonds is 5. The Labute approximate surface area is 103 Å². The zero-order valence-electron chi connectivity index (χ0n) is 10.7. The highest BCUT2D eigenvalue weighted by molar-refractivity contribution is 5.15. The molecule has 0 saturated heterocycles. The first-order chi connectivity index (χ1) is 7.93. The predicted octanol–water partition coefficient (Wildman–Crippen LogP) is 3.20. The third-order valence-electron chi connectivity index (χ3n) is 2.79. The minimum absolute atomic E-state index is 0.206. The van der Waals surface area contributed by atoms with Gasteiger partial charge >= 0.3 is 0 Å². The van der Waals surface area contributed by atoms with Crippen LogP contribution in [0.4, 0.5) is 4.39 Å². The van der Waals surface area contributed by atoms with Gasteiger partial charge < -0.3 is 4.90 Å². The van der Waals surface area contributed by atoms with Crippen molar-refractivity contribution >= 4 is 0 Å². The molecule has 0 radical (unpaired) electrons. The van der Waals surface area contributed by atoms with Crippen LogP contribution < -0.4 is 0 Å². The lowest BCUT2D eigenvalue weighted by atomic mass is 9.91. The van der Waals surface area contributed by atoms with Crippen molar-refractivity contribution in [3.05, 3.63) is 35.6 Å². The van der Waals surface area contributed by atoms with Crippen LogP contribution in [0.2, 0.25) is 0 Å². The fourth-order valence-corrected chi connectivity index (χ4v) is 1.51. The Morgan fingerprint density at radius 1 is 1.29 bits per heavy atom. The van der Waals surface area contributed by atoms with Gasteiger partial charge in [-0.15, -0.1) is 0 Å². The van der Waals surface area contributed by atoms with Gasteiger partial charge in [-0.25, -0.2) is 4.39 Å². The molecule has 0 aliphatic heterocycles. The van der Waals surface area contributed by atoms with Crippen molar-refractivity contribution in [2.24, 2.45) is 5.41 Å². The van der Waals surface area contributed by atoms with E-state index in [0.29, 0.717) is 0 Å². The summed E-state index contributed by atoms with van der Waals surface area (Å²) in [6.07, 6.45) is 0.835. The van der Waals surface area contributed by atoms with E-state index >= 15 is 0 Å². The molecule has 1 aromatic carbocycles. The Hall–Kier alpha value is -1.40. The largest absolute Gasteiger partial charge is 0.302 e. The molecular formula is C14H19FN2. The SMILES string of the molecule is CN(CCC(C)(C)C#N)Cc1ccc(F)cc1. The Morgan fingerprint density at radius 3 is 2.41 bits per heavy atom. The summed E-state index contributed by atoms with van der Waals surface area (Å²) in [6.45, 7) is 5.52. The van der Waals surface area contributed by atoms with E-state index in [1.54, 1.807) is 12.1 Å². The fourth-order valence-electron chi connectivity index (χ4n) is 1.51. The van der Waals surface area contributed by atoms with Gasteiger partial charge in [0.2, 0.25) is 0 Å². The van der Waals surface area contributed by atoms with E-state index in [1.165, 1.54) is 12.1 Å². The molecule has 2 nitrogen and oxygen atoms in total. The van der Waals surface area contributed by atoms with Crippen molar-refractivity contribution in [2.75, 3.05) is 13.6 Å². The van der Waals surface area contributed by atoms with Gasteiger partial charge in [-0.2, -0.15) is 5.26 Å². The molecule has 0 aromatic heterocycles. The third kappa shape index (κ3) is 4.97. The normalized spacial score (nSPS) is 11.5. The molecule has 0 heterocycles. The maximum absolute atomic E-state index is 12.7. The van der Waals surface area contributed by atoms with E-state index in [-0.39, 0.29) is 11.2 Å². The van der Waals surface area contributed by atoms with Crippen LogP contribution >= 0.6 is 0 Å². The number of nitrogens with zero attached hydrogens (tertiary/aromatic N) is 2. The first kappa shape index (κ1) is 13.7. The van der Waals surface area contributed by atoms with E-state index in [4.69, 9.17) is 5.26 Å². The average molecular weight is 234 g/mol. The van der Waals surface area contributed by atoms with E-state index in [1.807, 2.05) is 20.9 Å². The van der Waals surface area contributed by atoms with Crippen molar-refractivity contribution < 1.29 is 4.39 Å². The van der Waals surface area contributed by atoms with Crippen molar-refractivity contribution in [1.82, 2.24) is 4.90 Å². The number of halogens is 1. The molecule has 0 unspecified atom stereocenters. The summed E-state index contributed by atoms with van der Waals surface area (Å²) in [7, 11) is 2.01. The Balaban J connectivity index is 2.43. The summed E-state index contributed by atoms with van der Waals surface area (Å²) in [4.78, 5) is 2.15. The molecule has 1 rings (SSSR count). The summed E-state index contributed by atoms with van der Waals surface area (Å²) < 4.78 is 12.7. The molecule has 92 valence electrons. The van der Waals surface area contributed by atoms with E-state index in [9.17, 15) is 4.39 Å². The molecule has 0 aliphatic rings. The average Bonchev–Trinajstić information content (AvgIpc) is 2.30. The molecule has 0 spiro atoms. The topological polar surface area (TPSA) is 27.0 Å². The van der Waals surface area contributed by atoms with Gasteiger partial charge in [-0.05, 0) is 51.6 Å². The molecule has 0 aliphatic carbocycles. The summed E-state index contributed by atoms with van der Waals surface area (Å²) in [5, 5.41) is 8.92. The van der Waals surface area contributed by atoms with Gasteiger partial charge in [-0.3, -0.25) is 0 Å². The second kappa shape index (κ2) is 5.79. The van der Waals surface area contributed by atoms with Crippen molar-refractivity contribution in [1.29, 1.82) is 5.26 Å². The van der Waals surface area contributed by atoms with E-state index < -0.39 is 0 Å². The zero-order chi connectivity index (χ0) is 12.9. The second-order valence-electron chi connectivity index (χ2n) is 5.11. The van der Waals surface area contributed by atoms with Crippen LogP contribution in [0, 0.1) is 22.6 Å². The zero-order valence-corrected chi connectivity index (χ0v) is 10.7. The summed E-state index contributed by atoms with van der Waals surface area (Å²) in [5.41, 5.74) is 0.806. The monoisotopic (exact) mass is 234 g/mol. The first-order valence-electron chi connectivity index (χ1n) is 5.77. The van der Waals surface area contributed by atoms with Gasteiger partial charge in [-0.1, -0.05) is 12.1 Å². The molecule has 0 N–H and O–H groups in total. The fraction of sp³-hybridized carbons (Fsp3) is 0.500. The van der Waals surface area contributed by atoms with Crippen molar-refractivity contribution in [3.63, 3.8) is 0 Å². The molecule has 17 heavy (non-hydrogen) atoms. The number of benzene rings is 1. The van der Waals surface area contributed by atoms with Gasteiger partial charge in [0.05, 0.1) is 11.5 Å². The summed E-state index contributed by atoms with van der Waals surface area (Å²) in [6, 6.07) is 8.83. The maximum atomic E-state index is 12.7. The number of nitriles is 1. The lowest BCUT2D eigenvalue weighted by molar-refractivity contribution is 0.280. The summed E-state index contributed by atoms with van der Waals surface area (Å²) >= 11 is 0. The molecule has 0 bridgehead atoms. The maximum Gasteiger partial charge on any atom is 0.123 e. The molecule has 0 fully saturated rings. The molecule has 1 aromatic rings.